The maximum absolute atomic E-state index is 11.9. The lowest BCUT2D eigenvalue weighted by Gasteiger charge is -2.41. The Balaban J connectivity index is 2.15. The highest BCUT2D eigenvalue weighted by atomic mass is 16.3. The van der Waals surface area contributed by atoms with E-state index in [1.807, 2.05) is 49.3 Å². The van der Waals surface area contributed by atoms with Gasteiger partial charge in [-0.3, -0.25) is 4.79 Å². The van der Waals surface area contributed by atoms with E-state index in [1.165, 1.54) is 5.01 Å². The number of rotatable bonds is 3. The quantitative estimate of drug-likeness (QED) is 0.889. The smallest absolute Gasteiger partial charge is 0.239 e. The molecule has 0 aliphatic carbocycles. The predicted octanol–water partition coefficient (Wildman–Crippen LogP) is 1.93. The number of aliphatic hydroxyl groups excluding tert-OH is 1. The molecule has 0 aromatic heterocycles. The van der Waals surface area contributed by atoms with E-state index in [9.17, 15) is 9.90 Å². The summed E-state index contributed by atoms with van der Waals surface area (Å²) in [7, 11) is 1.85. The zero-order valence-corrected chi connectivity index (χ0v) is 10.9. The molecule has 1 N–H and O–H groups in total. The van der Waals surface area contributed by atoms with Crippen molar-refractivity contribution in [2.75, 3.05) is 7.05 Å². The Bertz CT molecular complexity index is 408. The zero-order valence-electron chi connectivity index (χ0n) is 10.9. The molecular weight excluding hydrogens is 228 g/mol. The average Bonchev–Trinajstić information content (AvgIpc) is 2.38. The van der Waals surface area contributed by atoms with Crippen molar-refractivity contribution in [3.8, 4) is 0 Å². The molecule has 4 heteroatoms. The van der Waals surface area contributed by atoms with Crippen molar-refractivity contribution in [1.29, 1.82) is 0 Å². The standard InChI is InChI=1S/C14H20N2O2/c1-11(12-7-4-3-5-8-12)15(2)16-13(17)9-6-10-14(16)18/h3-5,7-8,11,13,17H,6,9-10H2,1-2H3/t11-,13?/m0/s1. The second-order valence-corrected chi connectivity index (χ2v) is 4.77. The minimum absolute atomic E-state index is 0.000897. The van der Waals surface area contributed by atoms with Crippen molar-refractivity contribution in [2.45, 2.75) is 38.5 Å². The van der Waals surface area contributed by atoms with Gasteiger partial charge in [-0.2, -0.15) is 0 Å². The van der Waals surface area contributed by atoms with Gasteiger partial charge in [0.05, 0.1) is 6.04 Å². The molecule has 1 aliphatic heterocycles. The number of piperidine rings is 1. The summed E-state index contributed by atoms with van der Waals surface area (Å²) in [5, 5.41) is 13.3. The van der Waals surface area contributed by atoms with Crippen LogP contribution in [-0.2, 0) is 4.79 Å². The summed E-state index contributed by atoms with van der Waals surface area (Å²) in [6.07, 6.45) is 1.24. The van der Waals surface area contributed by atoms with Gasteiger partial charge in [-0.05, 0) is 25.3 Å². The molecule has 4 nitrogen and oxygen atoms in total. The molecule has 1 heterocycles. The Hall–Kier alpha value is -1.39. The number of carbonyl (C=O) groups excluding carboxylic acids is 1. The molecule has 98 valence electrons. The Morgan fingerprint density at radius 3 is 2.67 bits per heavy atom. The van der Waals surface area contributed by atoms with Gasteiger partial charge in [-0.25, -0.2) is 10.0 Å². The first-order chi connectivity index (χ1) is 8.61. The average molecular weight is 248 g/mol. The largest absolute Gasteiger partial charge is 0.372 e. The van der Waals surface area contributed by atoms with Crippen LogP contribution in [0.2, 0.25) is 0 Å². The van der Waals surface area contributed by atoms with Crippen LogP contribution < -0.4 is 0 Å². The van der Waals surface area contributed by atoms with E-state index in [-0.39, 0.29) is 11.9 Å². The first-order valence-corrected chi connectivity index (χ1v) is 6.39. The molecule has 2 atom stereocenters. The number of carbonyl (C=O) groups is 1. The molecule has 0 saturated carbocycles. The minimum Gasteiger partial charge on any atom is -0.372 e. The monoisotopic (exact) mass is 248 g/mol. The first-order valence-electron chi connectivity index (χ1n) is 6.39. The summed E-state index contributed by atoms with van der Waals surface area (Å²) in [5.41, 5.74) is 1.13. The zero-order chi connectivity index (χ0) is 13.1. The van der Waals surface area contributed by atoms with E-state index in [0.29, 0.717) is 12.8 Å². The van der Waals surface area contributed by atoms with Crippen LogP contribution in [0.3, 0.4) is 0 Å². The Morgan fingerprint density at radius 2 is 2.06 bits per heavy atom. The SMILES string of the molecule is C[C@@H](c1ccccc1)N(C)N1C(=O)CCCC1O. The fourth-order valence-electron chi connectivity index (χ4n) is 2.36. The second-order valence-electron chi connectivity index (χ2n) is 4.77. The normalized spacial score (nSPS) is 22.3. The molecule has 18 heavy (non-hydrogen) atoms. The van der Waals surface area contributed by atoms with Crippen molar-refractivity contribution in [2.24, 2.45) is 0 Å². The highest BCUT2D eigenvalue weighted by Gasteiger charge is 2.31. The summed E-state index contributed by atoms with van der Waals surface area (Å²) < 4.78 is 0. The number of aliphatic hydroxyl groups is 1. The molecule has 0 bridgehead atoms. The van der Waals surface area contributed by atoms with Crippen molar-refractivity contribution < 1.29 is 9.90 Å². The lowest BCUT2D eigenvalue weighted by atomic mass is 10.1. The number of hydrazine groups is 1. The highest BCUT2D eigenvalue weighted by molar-refractivity contribution is 5.76. The molecule has 1 aliphatic rings. The van der Waals surface area contributed by atoms with Gasteiger partial charge in [0.2, 0.25) is 5.91 Å². The highest BCUT2D eigenvalue weighted by Crippen LogP contribution is 2.25. The van der Waals surface area contributed by atoms with Gasteiger partial charge in [0, 0.05) is 13.5 Å². The van der Waals surface area contributed by atoms with Gasteiger partial charge in [0.25, 0.3) is 0 Å². The van der Waals surface area contributed by atoms with Gasteiger partial charge in [-0.1, -0.05) is 30.3 Å². The van der Waals surface area contributed by atoms with Crippen LogP contribution in [0.5, 0.6) is 0 Å². The molecule has 1 unspecified atom stereocenters. The van der Waals surface area contributed by atoms with E-state index < -0.39 is 6.23 Å². The Kier molecular flexibility index (Phi) is 3.99. The van der Waals surface area contributed by atoms with Crippen LogP contribution in [0.15, 0.2) is 30.3 Å². The van der Waals surface area contributed by atoms with E-state index in [2.05, 4.69) is 0 Å². The van der Waals surface area contributed by atoms with Gasteiger partial charge in [0.1, 0.15) is 6.23 Å². The van der Waals surface area contributed by atoms with Crippen LogP contribution in [-0.4, -0.2) is 34.3 Å². The van der Waals surface area contributed by atoms with Crippen LogP contribution in [0, 0.1) is 0 Å². The van der Waals surface area contributed by atoms with Gasteiger partial charge in [-0.15, -0.1) is 0 Å². The molecule has 0 spiro atoms. The minimum atomic E-state index is -0.692. The molecule has 1 aromatic carbocycles. The molecule has 1 aromatic rings. The van der Waals surface area contributed by atoms with Crippen LogP contribution in [0.1, 0.15) is 37.8 Å². The van der Waals surface area contributed by atoms with E-state index in [4.69, 9.17) is 0 Å². The number of hydrogen-bond donors (Lipinski definition) is 1. The lowest BCUT2D eigenvalue weighted by molar-refractivity contribution is -0.186. The fraction of sp³-hybridized carbons (Fsp3) is 0.500. The van der Waals surface area contributed by atoms with Gasteiger partial charge >= 0.3 is 0 Å². The molecule has 1 amide bonds. The van der Waals surface area contributed by atoms with Gasteiger partial charge in [0.15, 0.2) is 0 Å². The summed E-state index contributed by atoms with van der Waals surface area (Å²) >= 11 is 0. The number of hydrogen-bond acceptors (Lipinski definition) is 3. The Labute approximate surface area is 108 Å². The Morgan fingerprint density at radius 1 is 1.39 bits per heavy atom. The maximum atomic E-state index is 11.9. The first kappa shape index (κ1) is 13.1. The second kappa shape index (κ2) is 5.50. The van der Waals surface area contributed by atoms with Crippen LogP contribution >= 0.6 is 0 Å². The lowest BCUT2D eigenvalue weighted by Crippen LogP contribution is -2.53. The molecule has 0 radical (unpaired) electrons. The fourth-order valence-corrected chi connectivity index (χ4v) is 2.36. The van der Waals surface area contributed by atoms with Crippen molar-refractivity contribution >= 4 is 5.91 Å². The maximum Gasteiger partial charge on any atom is 0.239 e. The molecule has 1 saturated heterocycles. The van der Waals surface area contributed by atoms with E-state index in [1.54, 1.807) is 0 Å². The third-order valence-corrected chi connectivity index (χ3v) is 3.57. The number of benzene rings is 1. The van der Waals surface area contributed by atoms with Crippen LogP contribution in [0.4, 0.5) is 0 Å². The van der Waals surface area contributed by atoms with Crippen molar-refractivity contribution in [3.05, 3.63) is 35.9 Å². The molecular formula is C14H20N2O2. The van der Waals surface area contributed by atoms with E-state index >= 15 is 0 Å². The number of nitrogens with zero attached hydrogens (tertiary/aromatic N) is 2. The predicted molar refractivity (Wildman–Crippen MR) is 69.3 cm³/mol. The van der Waals surface area contributed by atoms with Crippen molar-refractivity contribution in [3.63, 3.8) is 0 Å². The topological polar surface area (TPSA) is 43.8 Å². The summed E-state index contributed by atoms with van der Waals surface area (Å²) in [6, 6.07) is 10.0. The molecule has 2 rings (SSSR count). The summed E-state index contributed by atoms with van der Waals surface area (Å²) in [5.74, 6) is -0.000897. The van der Waals surface area contributed by atoms with Crippen LogP contribution in [0.25, 0.3) is 0 Å². The summed E-state index contributed by atoms with van der Waals surface area (Å²) in [6.45, 7) is 2.03. The van der Waals surface area contributed by atoms with Gasteiger partial charge < -0.3 is 5.11 Å². The third kappa shape index (κ3) is 2.54. The van der Waals surface area contributed by atoms with Crippen molar-refractivity contribution in [1.82, 2.24) is 10.0 Å². The third-order valence-electron chi connectivity index (χ3n) is 3.57. The molecule has 1 fully saturated rings. The number of amides is 1. The van der Waals surface area contributed by atoms with E-state index in [0.717, 1.165) is 12.0 Å². The summed E-state index contributed by atoms with van der Waals surface area (Å²) in [4.78, 5) is 11.9.